The molecule has 0 unspecified atom stereocenters. The molecule has 2 heteroatoms. The van der Waals surface area contributed by atoms with Crippen LogP contribution >= 0.6 is 0 Å². The molecule has 14 heavy (non-hydrogen) atoms. The molecular formula is C12H20O2. The summed E-state index contributed by atoms with van der Waals surface area (Å²) < 4.78 is 5.64. The van der Waals surface area contributed by atoms with Gasteiger partial charge in [-0.1, -0.05) is 12.8 Å². The molecule has 2 rings (SSSR count). The van der Waals surface area contributed by atoms with Gasteiger partial charge in [-0.25, -0.2) is 0 Å². The van der Waals surface area contributed by atoms with Gasteiger partial charge in [0, 0.05) is 6.92 Å². The van der Waals surface area contributed by atoms with Crippen LogP contribution in [-0.4, -0.2) is 11.6 Å². The van der Waals surface area contributed by atoms with Gasteiger partial charge in [0.15, 0.2) is 0 Å². The van der Waals surface area contributed by atoms with E-state index in [1.807, 2.05) is 0 Å². The monoisotopic (exact) mass is 196 g/mol. The van der Waals surface area contributed by atoms with Crippen molar-refractivity contribution in [2.24, 2.45) is 5.92 Å². The highest BCUT2D eigenvalue weighted by molar-refractivity contribution is 5.66. The third-order valence-electron chi connectivity index (χ3n) is 3.90. The standard InChI is InChI=1S/C12H20O2/c1-10(13)14-12(11-6-5-7-11)8-3-2-4-9-12/h11H,2-9H2,1H3. The van der Waals surface area contributed by atoms with E-state index >= 15 is 0 Å². The van der Waals surface area contributed by atoms with E-state index in [4.69, 9.17) is 4.74 Å². The summed E-state index contributed by atoms with van der Waals surface area (Å²) in [5, 5.41) is 0. The van der Waals surface area contributed by atoms with Crippen LogP contribution in [0.4, 0.5) is 0 Å². The van der Waals surface area contributed by atoms with Crippen molar-refractivity contribution in [2.45, 2.75) is 63.9 Å². The van der Waals surface area contributed by atoms with Crippen molar-refractivity contribution >= 4 is 5.97 Å². The second-order valence-electron chi connectivity index (χ2n) is 4.85. The van der Waals surface area contributed by atoms with E-state index in [-0.39, 0.29) is 11.6 Å². The van der Waals surface area contributed by atoms with E-state index < -0.39 is 0 Å². The average molecular weight is 196 g/mol. The van der Waals surface area contributed by atoms with E-state index in [9.17, 15) is 4.79 Å². The quantitative estimate of drug-likeness (QED) is 0.634. The van der Waals surface area contributed by atoms with Crippen LogP contribution in [-0.2, 0) is 9.53 Å². The first-order chi connectivity index (χ1) is 6.73. The lowest BCUT2D eigenvalue weighted by Gasteiger charge is -2.46. The molecule has 80 valence electrons. The largest absolute Gasteiger partial charge is 0.459 e. The summed E-state index contributed by atoms with van der Waals surface area (Å²) >= 11 is 0. The first kappa shape index (κ1) is 10.0. The molecule has 2 nitrogen and oxygen atoms in total. The van der Waals surface area contributed by atoms with Gasteiger partial charge in [-0.15, -0.1) is 0 Å². The number of ether oxygens (including phenoxy) is 1. The molecule has 0 atom stereocenters. The first-order valence-corrected chi connectivity index (χ1v) is 5.92. The maximum atomic E-state index is 11.1. The van der Waals surface area contributed by atoms with Crippen LogP contribution in [0.2, 0.25) is 0 Å². The molecule has 0 amide bonds. The fraction of sp³-hybridized carbons (Fsp3) is 0.917. The molecule has 0 aliphatic heterocycles. The van der Waals surface area contributed by atoms with Crippen molar-refractivity contribution in [2.75, 3.05) is 0 Å². The molecule has 2 aliphatic rings. The van der Waals surface area contributed by atoms with Crippen LogP contribution < -0.4 is 0 Å². The SMILES string of the molecule is CC(=O)OC1(C2CCC2)CCCCC1. The van der Waals surface area contributed by atoms with Gasteiger partial charge < -0.3 is 4.74 Å². The van der Waals surface area contributed by atoms with Crippen molar-refractivity contribution in [1.82, 2.24) is 0 Å². The lowest BCUT2D eigenvalue weighted by molar-refractivity contribution is -0.173. The van der Waals surface area contributed by atoms with Crippen LogP contribution in [0.15, 0.2) is 0 Å². The minimum Gasteiger partial charge on any atom is -0.459 e. The highest BCUT2D eigenvalue weighted by atomic mass is 16.6. The molecule has 0 aromatic heterocycles. The van der Waals surface area contributed by atoms with Crippen LogP contribution in [0, 0.1) is 5.92 Å². The molecule has 0 bridgehead atoms. The topological polar surface area (TPSA) is 26.3 Å². The van der Waals surface area contributed by atoms with Gasteiger partial charge in [-0.2, -0.15) is 0 Å². The van der Waals surface area contributed by atoms with E-state index in [0.29, 0.717) is 5.92 Å². The van der Waals surface area contributed by atoms with Gasteiger partial charge in [0.1, 0.15) is 5.60 Å². The maximum Gasteiger partial charge on any atom is 0.303 e. The molecule has 0 saturated heterocycles. The Labute approximate surface area is 86.0 Å². The Kier molecular flexibility index (Phi) is 2.80. The summed E-state index contributed by atoms with van der Waals surface area (Å²) in [6.07, 6.45) is 9.88. The van der Waals surface area contributed by atoms with Gasteiger partial charge in [0.2, 0.25) is 0 Å². The molecule has 0 radical (unpaired) electrons. The van der Waals surface area contributed by atoms with E-state index in [1.54, 1.807) is 6.92 Å². The Morgan fingerprint density at radius 3 is 2.21 bits per heavy atom. The average Bonchev–Trinajstić information content (AvgIpc) is 2.00. The number of carbonyl (C=O) groups is 1. The molecule has 0 aromatic rings. The second-order valence-corrected chi connectivity index (χ2v) is 4.85. The van der Waals surface area contributed by atoms with Crippen LogP contribution in [0.1, 0.15) is 58.3 Å². The molecule has 0 spiro atoms. The molecule has 2 fully saturated rings. The predicted octanol–water partition coefficient (Wildman–Crippen LogP) is 3.05. The Bertz CT molecular complexity index is 212. The summed E-state index contributed by atoms with van der Waals surface area (Å²) in [5.41, 5.74) is -0.0532. The third-order valence-corrected chi connectivity index (χ3v) is 3.90. The fourth-order valence-corrected chi connectivity index (χ4v) is 2.96. The van der Waals surface area contributed by atoms with Crippen LogP contribution in [0.25, 0.3) is 0 Å². The number of hydrogen-bond donors (Lipinski definition) is 0. The predicted molar refractivity (Wildman–Crippen MR) is 54.9 cm³/mol. The molecule has 0 heterocycles. The Balaban J connectivity index is 2.05. The Morgan fingerprint density at radius 2 is 1.79 bits per heavy atom. The zero-order valence-electron chi connectivity index (χ0n) is 9.05. The van der Waals surface area contributed by atoms with Crippen molar-refractivity contribution < 1.29 is 9.53 Å². The Hall–Kier alpha value is -0.530. The summed E-state index contributed by atoms with van der Waals surface area (Å²) in [4.78, 5) is 11.1. The molecule has 0 aromatic carbocycles. The summed E-state index contributed by atoms with van der Waals surface area (Å²) in [6.45, 7) is 1.55. The molecule has 2 saturated carbocycles. The minimum absolute atomic E-state index is 0.0532. The summed E-state index contributed by atoms with van der Waals surface area (Å²) in [7, 11) is 0. The highest BCUT2D eigenvalue weighted by Gasteiger charge is 2.45. The zero-order chi connectivity index (χ0) is 10.0. The first-order valence-electron chi connectivity index (χ1n) is 5.92. The van der Waals surface area contributed by atoms with Crippen molar-refractivity contribution in [3.63, 3.8) is 0 Å². The van der Waals surface area contributed by atoms with Gasteiger partial charge in [0.05, 0.1) is 0 Å². The summed E-state index contributed by atoms with van der Waals surface area (Å²) in [6, 6.07) is 0. The second kappa shape index (κ2) is 3.92. The smallest absolute Gasteiger partial charge is 0.303 e. The number of hydrogen-bond acceptors (Lipinski definition) is 2. The Morgan fingerprint density at radius 1 is 1.14 bits per heavy atom. The fourth-order valence-electron chi connectivity index (χ4n) is 2.96. The lowest BCUT2D eigenvalue weighted by Crippen LogP contribution is -2.46. The van der Waals surface area contributed by atoms with E-state index in [1.165, 1.54) is 38.5 Å². The van der Waals surface area contributed by atoms with E-state index in [0.717, 1.165) is 12.8 Å². The number of esters is 1. The van der Waals surface area contributed by atoms with Crippen molar-refractivity contribution in [3.05, 3.63) is 0 Å². The number of rotatable bonds is 2. The van der Waals surface area contributed by atoms with Gasteiger partial charge in [0.25, 0.3) is 0 Å². The maximum absolute atomic E-state index is 11.1. The molecule has 0 N–H and O–H groups in total. The number of carbonyl (C=O) groups excluding carboxylic acids is 1. The lowest BCUT2D eigenvalue weighted by atomic mass is 9.66. The zero-order valence-corrected chi connectivity index (χ0v) is 9.05. The van der Waals surface area contributed by atoms with E-state index in [2.05, 4.69) is 0 Å². The van der Waals surface area contributed by atoms with Crippen LogP contribution in [0.5, 0.6) is 0 Å². The molecular weight excluding hydrogens is 176 g/mol. The van der Waals surface area contributed by atoms with Gasteiger partial charge in [-0.05, 0) is 44.4 Å². The normalized spacial score (nSPS) is 26.6. The third kappa shape index (κ3) is 1.79. The minimum atomic E-state index is -0.0844. The van der Waals surface area contributed by atoms with Gasteiger partial charge in [-0.3, -0.25) is 4.79 Å². The van der Waals surface area contributed by atoms with Crippen LogP contribution in [0.3, 0.4) is 0 Å². The molecule has 2 aliphatic carbocycles. The van der Waals surface area contributed by atoms with Crippen molar-refractivity contribution in [1.29, 1.82) is 0 Å². The van der Waals surface area contributed by atoms with Crippen molar-refractivity contribution in [3.8, 4) is 0 Å². The summed E-state index contributed by atoms with van der Waals surface area (Å²) in [5.74, 6) is 0.588. The van der Waals surface area contributed by atoms with Gasteiger partial charge >= 0.3 is 5.97 Å². The highest BCUT2D eigenvalue weighted by Crippen LogP contribution is 2.46.